The molecule has 128 valence electrons. The summed E-state index contributed by atoms with van der Waals surface area (Å²) in [6.45, 7) is 7.90. The Bertz CT molecular complexity index is 395. The molecule has 1 aromatic rings. The van der Waals surface area contributed by atoms with Gasteiger partial charge in [0.15, 0.2) is 0 Å². The smallest absolute Gasteiger partial charge is 0.128 e. The minimum Gasteiger partial charge on any atom is -1.00 e. The summed E-state index contributed by atoms with van der Waals surface area (Å²) < 4.78 is 5.97. The predicted octanol–water partition coefficient (Wildman–Crippen LogP) is 0.431. The molecular formula is C17H28Cl3NO. The van der Waals surface area contributed by atoms with Crippen LogP contribution in [0.2, 0.25) is 0 Å². The molecule has 0 saturated carbocycles. The fourth-order valence-electron chi connectivity index (χ4n) is 2.36. The quantitative estimate of drug-likeness (QED) is 0.442. The van der Waals surface area contributed by atoms with E-state index in [0.29, 0.717) is 11.8 Å². The Morgan fingerprint density at radius 3 is 2.36 bits per heavy atom. The summed E-state index contributed by atoms with van der Waals surface area (Å²) in [5.74, 6) is 2.33. The van der Waals surface area contributed by atoms with E-state index in [0.717, 1.165) is 38.4 Å². The van der Waals surface area contributed by atoms with Crippen molar-refractivity contribution in [2.75, 3.05) is 31.5 Å². The number of quaternary nitrogens is 1. The molecule has 0 heterocycles. The average Bonchev–Trinajstić information content (AvgIpc) is 2.46. The highest BCUT2D eigenvalue weighted by Gasteiger charge is 2.13. The van der Waals surface area contributed by atoms with Crippen molar-refractivity contribution in [1.82, 2.24) is 0 Å². The number of hydrogen-bond acceptors (Lipinski definition) is 1. The second-order valence-electron chi connectivity index (χ2n) is 5.47. The second kappa shape index (κ2) is 13.3. The number of nitrogens with one attached hydrogen (secondary N) is 1. The molecule has 0 aliphatic carbocycles. The van der Waals surface area contributed by atoms with Gasteiger partial charge in [0.25, 0.3) is 0 Å². The summed E-state index contributed by atoms with van der Waals surface area (Å²) in [7, 11) is 0. The van der Waals surface area contributed by atoms with E-state index in [9.17, 15) is 0 Å². The third-order valence-electron chi connectivity index (χ3n) is 3.56. The van der Waals surface area contributed by atoms with Crippen LogP contribution in [0, 0.1) is 6.92 Å². The third-order valence-corrected chi connectivity index (χ3v) is 3.94. The Balaban J connectivity index is 0.00000441. The van der Waals surface area contributed by atoms with Crippen LogP contribution in [0.4, 0.5) is 0 Å². The number of unbranched alkanes of at least 4 members (excludes halogenated alkanes) is 2. The molecule has 5 heteroatoms. The number of alkyl halides is 2. The lowest BCUT2D eigenvalue weighted by atomic mass is 10.1. The predicted molar refractivity (Wildman–Crippen MR) is 92.0 cm³/mol. The van der Waals surface area contributed by atoms with Gasteiger partial charge in [-0.3, -0.25) is 0 Å². The van der Waals surface area contributed by atoms with Gasteiger partial charge in [-0.15, -0.1) is 23.2 Å². The van der Waals surface area contributed by atoms with Crippen LogP contribution in [0.15, 0.2) is 18.2 Å². The van der Waals surface area contributed by atoms with Gasteiger partial charge in [0, 0.05) is 5.56 Å². The first-order valence-electron chi connectivity index (χ1n) is 7.89. The summed E-state index contributed by atoms with van der Waals surface area (Å²) in [6, 6.07) is 6.43. The molecule has 22 heavy (non-hydrogen) atoms. The minimum absolute atomic E-state index is 0. The molecule has 0 fully saturated rings. The highest BCUT2D eigenvalue weighted by atomic mass is 35.5. The summed E-state index contributed by atoms with van der Waals surface area (Å²) in [6.07, 6.45) is 3.55. The molecule has 1 N–H and O–H groups in total. The van der Waals surface area contributed by atoms with E-state index in [1.54, 1.807) is 0 Å². The van der Waals surface area contributed by atoms with Gasteiger partial charge in [-0.1, -0.05) is 31.4 Å². The van der Waals surface area contributed by atoms with Gasteiger partial charge < -0.3 is 22.0 Å². The summed E-state index contributed by atoms with van der Waals surface area (Å²) >= 11 is 11.8. The number of ether oxygens (including phenoxy) is 1. The van der Waals surface area contributed by atoms with Gasteiger partial charge in [0.2, 0.25) is 0 Å². The molecule has 0 atom stereocenters. The number of halogens is 3. The molecule has 0 radical (unpaired) electrons. The largest absolute Gasteiger partial charge is 1.00 e. The first kappa shape index (κ1) is 21.9. The van der Waals surface area contributed by atoms with Crippen molar-refractivity contribution in [2.24, 2.45) is 0 Å². The molecule has 0 bridgehead atoms. The van der Waals surface area contributed by atoms with Crippen molar-refractivity contribution >= 4 is 23.2 Å². The maximum atomic E-state index is 5.97. The molecular weight excluding hydrogens is 341 g/mol. The van der Waals surface area contributed by atoms with Crippen LogP contribution in [0.3, 0.4) is 0 Å². The third kappa shape index (κ3) is 8.47. The average molecular weight is 369 g/mol. The Morgan fingerprint density at radius 1 is 1.09 bits per heavy atom. The zero-order chi connectivity index (χ0) is 15.5. The molecule has 0 saturated heterocycles. The van der Waals surface area contributed by atoms with Gasteiger partial charge in [-0.25, -0.2) is 0 Å². The van der Waals surface area contributed by atoms with Crippen LogP contribution in [0.25, 0.3) is 0 Å². The lowest BCUT2D eigenvalue weighted by Gasteiger charge is -2.19. The highest BCUT2D eigenvalue weighted by molar-refractivity contribution is 6.18. The van der Waals surface area contributed by atoms with Crippen molar-refractivity contribution in [2.45, 2.75) is 39.7 Å². The van der Waals surface area contributed by atoms with E-state index in [4.69, 9.17) is 27.9 Å². The standard InChI is InChI=1S/C17H27Cl2NO.ClH/c1-3-4-5-12-21-17-7-6-15(2)13-16(17)14-20(10-8-18)11-9-19;/h6-7,13H,3-5,8-12,14H2,1-2H3;1H. The van der Waals surface area contributed by atoms with Crippen LogP contribution in [0.1, 0.15) is 37.3 Å². The normalized spacial score (nSPS) is 10.6. The zero-order valence-corrected chi connectivity index (χ0v) is 15.9. The van der Waals surface area contributed by atoms with Crippen molar-refractivity contribution in [3.63, 3.8) is 0 Å². The molecule has 0 unspecified atom stereocenters. The Hall–Kier alpha value is -0.150. The fourth-order valence-corrected chi connectivity index (χ4v) is 2.89. The van der Waals surface area contributed by atoms with Gasteiger partial charge in [-0.2, -0.15) is 0 Å². The van der Waals surface area contributed by atoms with E-state index >= 15 is 0 Å². The monoisotopic (exact) mass is 367 g/mol. The first-order chi connectivity index (χ1) is 10.2. The topological polar surface area (TPSA) is 13.7 Å². The first-order valence-corrected chi connectivity index (χ1v) is 8.96. The molecule has 0 aliphatic rings. The summed E-state index contributed by atoms with van der Waals surface area (Å²) in [4.78, 5) is 1.41. The molecule has 0 aliphatic heterocycles. The molecule has 0 amide bonds. The van der Waals surface area contributed by atoms with Crippen LogP contribution in [0.5, 0.6) is 5.75 Å². The Morgan fingerprint density at radius 2 is 1.77 bits per heavy atom. The van der Waals surface area contributed by atoms with Gasteiger partial charge in [-0.05, 0) is 25.5 Å². The second-order valence-corrected chi connectivity index (χ2v) is 6.23. The van der Waals surface area contributed by atoms with E-state index in [-0.39, 0.29) is 12.4 Å². The van der Waals surface area contributed by atoms with Crippen LogP contribution >= 0.6 is 23.2 Å². The van der Waals surface area contributed by atoms with Gasteiger partial charge >= 0.3 is 0 Å². The maximum Gasteiger partial charge on any atom is 0.128 e. The van der Waals surface area contributed by atoms with Crippen molar-refractivity contribution < 1.29 is 22.0 Å². The maximum absolute atomic E-state index is 5.97. The molecule has 1 rings (SSSR count). The van der Waals surface area contributed by atoms with Crippen LogP contribution in [-0.4, -0.2) is 31.5 Å². The highest BCUT2D eigenvalue weighted by Crippen LogP contribution is 2.19. The van der Waals surface area contributed by atoms with E-state index in [1.165, 1.54) is 28.9 Å². The lowest BCUT2D eigenvalue weighted by Crippen LogP contribution is -3.11. The van der Waals surface area contributed by atoms with E-state index in [1.807, 2.05) is 0 Å². The lowest BCUT2D eigenvalue weighted by molar-refractivity contribution is -0.909. The zero-order valence-electron chi connectivity index (χ0n) is 13.6. The number of aryl methyl sites for hydroxylation is 1. The van der Waals surface area contributed by atoms with Gasteiger partial charge in [0.05, 0.1) is 31.5 Å². The van der Waals surface area contributed by atoms with E-state index in [2.05, 4.69) is 32.0 Å². The number of rotatable bonds is 11. The SMILES string of the molecule is CCCCCOc1ccc(C)cc1C[NH+](CCCl)CCCl.[Cl-]. The summed E-state index contributed by atoms with van der Waals surface area (Å²) in [5.41, 5.74) is 2.53. The van der Waals surface area contributed by atoms with Crippen LogP contribution in [-0.2, 0) is 6.54 Å². The van der Waals surface area contributed by atoms with E-state index < -0.39 is 0 Å². The molecule has 1 aromatic carbocycles. The molecule has 0 aromatic heterocycles. The fraction of sp³-hybridized carbons (Fsp3) is 0.647. The van der Waals surface area contributed by atoms with Crippen LogP contribution < -0.4 is 22.0 Å². The van der Waals surface area contributed by atoms with Crippen molar-refractivity contribution in [3.8, 4) is 5.75 Å². The van der Waals surface area contributed by atoms with Crippen molar-refractivity contribution in [3.05, 3.63) is 29.3 Å². The summed E-state index contributed by atoms with van der Waals surface area (Å²) in [5, 5.41) is 0. The minimum atomic E-state index is 0. The number of benzene rings is 1. The Labute approximate surface area is 151 Å². The molecule has 0 spiro atoms. The Kier molecular flexibility index (Phi) is 13.2. The van der Waals surface area contributed by atoms with Gasteiger partial charge in [0.1, 0.15) is 12.3 Å². The van der Waals surface area contributed by atoms with Crippen molar-refractivity contribution in [1.29, 1.82) is 0 Å². The molecule has 2 nitrogen and oxygen atoms in total. The number of hydrogen-bond donors (Lipinski definition) is 1.